The second-order valence-electron chi connectivity index (χ2n) is 3.81. The predicted octanol–water partition coefficient (Wildman–Crippen LogP) is 2.00. The standard InChI is InChI=1S/C11H22N2OS/c1-4-7-11(8-5-2,9(12)15)10(14)13-6-3/h4-8H2,1-3H3,(H2,12,15)(H,13,14). The van der Waals surface area contributed by atoms with E-state index in [1.165, 1.54) is 0 Å². The highest BCUT2D eigenvalue weighted by Crippen LogP contribution is 2.30. The van der Waals surface area contributed by atoms with E-state index >= 15 is 0 Å². The van der Waals surface area contributed by atoms with Crippen molar-refractivity contribution in [1.29, 1.82) is 0 Å². The molecule has 0 aliphatic carbocycles. The van der Waals surface area contributed by atoms with Crippen LogP contribution in [0.4, 0.5) is 0 Å². The molecule has 0 saturated carbocycles. The summed E-state index contributed by atoms with van der Waals surface area (Å²) in [5.74, 6) is -0.0128. The Kier molecular flexibility index (Phi) is 6.48. The summed E-state index contributed by atoms with van der Waals surface area (Å²) < 4.78 is 0. The Morgan fingerprint density at radius 3 is 2.00 bits per heavy atom. The molecular formula is C11H22N2OS. The number of thiocarbonyl (C=S) groups is 1. The molecule has 4 heteroatoms. The fraction of sp³-hybridized carbons (Fsp3) is 0.818. The number of carbonyl (C=O) groups is 1. The van der Waals surface area contributed by atoms with Gasteiger partial charge in [0.1, 0.15) is 0 Å². The number of nitrogens with one attached hydrogen (secondary N) is 1. The lowest BCUT2D eigenvalue weighted by Gasteiger charge is -2.30. The summed E-state index contributed by atoms with van der Waals surface area (Å²) in [5.41, 5.74) is 5.12. The minimum absolute atomic E-state index is 0.0128. The molecule has 0 aromatic carbocycles. The van der Waals surface area contributed by atoms with Crippen molar-refractivity contribution < 1.29 is 4.79 Å². The molecule has 0 aromatic rings. The predicted molar refractivity (Wildman–Crippen MR) is 67.7 cm³/mol. The average molecular weight is 230 g/mol. The monoisotopic (exact) mass is 230 g/mol. The second-order valence-corrected chi connectivity index (χ2v) is 4.25. The first-order chi connectivity index (χ1) is 7.05. The highest BCUT2D eigenvalue weighted by Gasteiger charge is 2.39. The summed E-state index contributed by atoms with van der Waals surface area (Å²) in [5, 5.41) is 2.83. The van der Waals surface area contributed by atoms with Gasteiger partial charge in [-0.1, -0.05) is 38.9 Å². The van der Waals surface area contributed by atoms with Gasteiger partial charge < -0.3 is 11.1 Å². The number of amides is 1. The van der Waals surface area contributed by atoms with Gasteiger partial charge in [-0.2, -0.15) is 0 Å². The van der Waals surface area contributed by atoms with Crippen LogP contribution in [0.2, 0.25) is 0 Å². The zero-order valence-corrected chi connectivity index (χ0v) is 10.7. The van der Waals surface area contributed by atoms with Gasteiger partial charge in [-0.3, -0.25) is 4.79 Å². The van der Waals surface area contributed by atoms with E-state index in [9.17, 15) is 4.79 Å². The Bertz CT molecular complexity index is 223. The van der Waals surface area contributed by atoms with Crippen molar-refractivity contribution in [1.82, 2.24) is 5.32 Å². The van der Waals surface area contributed by atoms with Crippen LogP contribution in [-0.2, 0) is 4.79 Å². The average Bonchev–Trinajstić information content (AvgIpc) is 2.17. The van der Waals surface area contributed by atoms with E-state index in [0.717, 1.165) is 25.7 Å². The Morgan fingerprint density at radius 2 is 1.73 bits per heavy atom. The van der Waals surface area contributed by atoms with Gasteiger partial charge in [-0.25, -0.2) is 0 Å². The van der Waals surface area contributed by atoms with Crippen LogP contribution in [0, 0.1) is 5.41 Å². The third-order valence-corrected chi connectivity index (χ3v) is 2.99. The van der Waals surface area contributed by atoms with Crippen LogP contribution >= 0.6 is 12.2 Å². The van der Waals surface area contributed by atoms with Gasteiger partial charge in [-0.15, -0.1) is 0 Å². The minimum atomic E-state index is -0.630. The van der Waals surface area contributed by atoms with Gasteiger partial charge in [0.2, 0.25) is 5.91 Å². The van der Waals surface area contributed by atoms with Crippen LogP contribution in [0.5, 0.6) is 0 Å². The first-order valence-electron chi connectivity index (χ1n) is 5.63. The zero-order chi connectivity index (χ0) is 11.9. The van der Waals surface area contributed by atoms with Crippen molar-refractivity contribution in [3.63, 3.8) is 0 Å². The fourth-order valence-electron chi connectivity index (χ4n) is 1.89. The Morgan fingerprint density at radius 1 is 1.27 bits per heavy atom. The summed E-state index contributed by atoms with van der Waals surface area (Å²) in [4.78, 5) is 12.3. The first-order valence-corrected chi connectivity index (χ1v) is 6.04. The molecule has 0 fully saturated rings. The molecule has 0 radical (unpaired) electrons. The van der Waals surface area contributed by atoms with Crippen molar-refractivity contribution in [2.45, 2.75) is 46.5 Å². The molecule has 0 atom stereocenters. The maximum Gasteiger partial charge on any atom is 0.233 e. The van der Waals surface area contributed by atoms with Crippen LogP contribution in [-0.4, -0.2) is 17.4 Å². The first kappa shape index (κ1) is 14.4. The second kappa shape index (κ2) is 6.77. The van der Waals surface area contributed by atoms with Crippen molar-refractivity contribution in [3.8, 4) is 0 Å². The number of hydrogen-bond acceptors (Lipinski definition) is 2. The molecule has 0 unspecified atom stereocenters. The molecule has 0 aliphatic heterocycles. The molecule has 0 aromatic heterocycles. The Balaban J connectivity index is 4.92. The quantitative estimate of drug-likeness (QED) is 0.658. The van der Waals surface area contributed by atoms with E-state index in [1.54, 1.807) is 0 Å². The molecule has 15 heavy (non-hydrogen) atoms. The van der Waals surface area contributed by atoms with E-state index in [1.807, 2.05) is 20.8 Å². The number of nitrogens with two attached hydrogens (primary N) is 1. The summed E-state index contributed by atoms with van der Waals surface area (Å²) in [6.45, 7) is 6.61. The van der Waals surface area contributed by atoms with E-state index in [2.05, 4.69) is 5.32 Å². The lowest BCUT2D eigenvalue weighted by molar-refractivity contribution is -0.128. The van der Waals surface area contributed by atoms with Crippen LogP contribution < -0.4 is 11.1 Å². The normalized spacial score (nSPS) is 11.1. The third-order valence-electron chi connectivity index (χ3n) is 2.60. The molecule has 0 bridgehead atoms. The van der Waals surface area contributed by atoms with Gasteiger partial charge in [0.25, 0.3) is 0 Å². The molecule has 0 spiro atoms. The lowest BCUT2D eigenvalue weighted by Crippen LogP contribution is -2.48. The number of rotatable bonds is 7. The SMILES string of the molecule is CCCC(CCC)(C(=O)NCC)C(N)=S. The van der Waals surface area contributed by atoms with Crippen LogP contribution in [0.15, 0.2) is 0 Å². The van der Waals surface area contributed by atoms with Crippen molar-refractivity contribution in [2.75, 3.05) is 6.54 Å². The van der Waals surface area contributed by atoms with E-state index < -0.39 is 5.41 Å². The van der Waals surface area contributed by atoms with Gasteiger partial charge in [0, 0.05) is 6.54 Å². The summed E-state index contributed by atoms with van der Waals surface area (Å²) in [6, 6.07) is 0. The summed E-state index contributed by atoms with van der Waals surface area (Å²) >= 11 is 5.07. The maximum absolute atomic E-state index is 12.0. The van der Waals surface area contributed by atoms with E-state index in [4.69, 9.17) is 18.0 Å². The zero-order valence-electron chi connectivity index (χ0n) is 9.93. The van der Waals surface area contributed by atoms with Crippen LogP contribution in [0.25, 0.3) is 0 Å². The van der Waals surface area contributed by atoms with E-state index in [-0.39, 0.29) is 5.91 Å². The fourth-order valence-corrected chi connectivity index (χ4v) is 2.19. The number of carbonyl (C=O) groups excluding carboxylic acids is 1. The minimum Gasteiger partial charge on any atom is -0.392 e. The molecule has 0 saturated heterocycles. The third kappa shape index (κ3) is 3.45. The smallest absolute Gasteiger partial charge is 0.233 e. The molecule has 88 valence electrons. The molecule has 0 rings (SSSR count). The van der Waals surface area contributed by atoms with Crippen molar-refractivity contribution >= 4 is 23.1 Å². The molecule has 0 heterocycles. The van der Waals surface area contributed by atoms with Crippen LogP contribution in [0.3, 0.4) is 0 Å². The topological polar surface area (TPSA) is 55.1 Å². The maximum atomic E-state index is 12.0. The molecular weight excluding hydrogens is 208 g/mol. The van der Waals surface area contributed by atoms with Crippen molar-refractivity contribution in [3.05, 3.63) is 0 Å². The Labute approximate surface area is 97.8 Å². The largest absolute Gasteiger partial charge is 0.392 e. The van der Waals surface area contributed by atoms with Crippen LogP contribution in [0.1, 0.15) is 46.5 Å². The molecule has 3 nitrogen and oxygen atoms in total. The van der Waals surface area contributed by atoms with E-state index in [0.29, 0.717) is 11.5 Å². The summed E-state index contributed by atoms with van der Waals surface area (Å²) in [6.07, 6.45) is 3.30. The molecule has 0 aliphatic rings. The van der Waals surface area contributed by atoms with Crippen molar-refractivity contribution in [2.24, 2.45) is 11.1 Å². The number of hydrogen-bond donors (Lipinski definition) is 2. The van der Waals surface area contributed by atoms with Gasteiger partial charge in [0.05, 0.1) is 10.4 Å². The van der Waals surface area contributed by atoms with Gasteiger partial charge >= 0.3 is 0 Å². The van der Waals surface area contributed by atoms with Gasteiger partial charge in [-0.05, 0) is 19.8 Å². The molecule has 1 amide bonds. The highest BCUT2D eigenvalue weighted by molar-refractivity contribution is 7.80. The van der Waals surface area contributed by atoms with Gasteiger partial charge in [0.15, 0.2) is 0 Å². The Hall–Kier alpha value is -0.640. The molecule has 3 N–H and O–H groups in total. The lowest BCUT2D eigenvalue weighted by atomic mass is 9.78. The highest BCUT2D eigenvalue weighted by atomic mass is 32.1. The summed E-state index contributed by atoms with van der Waals surface area (Å²) in [7, 11) is 0.